The molecule has 35 heteroatoms. The molecule has 20 aromatic rings. The van der Waals surface area contributed by atoms with E-state index < -0.39 is 0 Å². The maximum atomic E-state index is 12.9. The predicted molar refractivity (Wildman–Crippen MR) is 591 cm³/mol. The lowest BCUT2D eigenvalue weighted by Crippen LogP contribution is -2.55. The lowest BCUT2D eigenvalue weighted by Gasteiger charge is -2.43. The van der Waals surface area contributed by atoms with Crippen LogP contribution in [-0.2, 0) is 25.7 Å². The van der Waals surface area contributed by atoms with Crippen LogP contribution in [0.4, 0.5) is 28.4 Å². The molecule has 0 aliphatic carbocycles. The zero-order valence-corrected chi connectivity index (χ0v) is 87.7. The first-order valence-corrected chi connectivity index (χ1v) is 51.9. The number of hydrogen-bond donors (Lipinski definition) is 3. The van der Waals surface area contributed by atoms with Gasteiger partial charge in [-0.2, -0.15) is 0 Å². The Morgan fingerprint density at radius 1 is 0.287 bits per heavy atom. The van der Waals surface area contributed by atoms with E-state index in [9.17, 15) is 24.0 Å². The number of piperazine rings is 5. The van der Waals surface area contributed by atoms with Gasteiger partial charge >= 0.3 is 28.1 Å². The van der Waals surface area contributed by atoms with Crippen molar-refractivity contribution in [3.8, 4) is 57.3 Å². The minimum Gasteiger partial charge on any atom is -0.421 e. The molecule has 5 aliphatic heterocycles. The zero-order valence-electron chi connectivity index (χ0n) is 87.7. The topological polar surface area (TPSA) is 361 Å². The van der Waals surface area contributed by atoms with Gasteiger partial charge in [-0.05, 0) is 227 Å². The summed E-state index contributed by atoms with van der Waals surface area (Å²) in [5.41, 5.74) is 19.9. The van der Waals surface area contributed by atoms with Crippen LogP contribution < -0.4 is 68.6 Å². The molecule has 150 heavy (non-hydrogen) atoms. The van der Waals surface area contributed by atoms with Gasteiger partial charge < -0.3 is 89.4 Å². The lowest BCUT2D eigenvalue weighted by atomic mass is 10.1. The van der Waals surface area contributed by atoms with Crippen molar-refractivity contribution in [2.45, 2.75) is 147 Å². The van der Waals surface area contributed by atoms with E-state index in [2.05, 4.69) is 185 Å². The second kappa shape index (κ2) is 42.0. The highest BCUT2D eigenvalue weighted by molar-refractivity contribution is 5.92. The second-order valence-corrected chi connectivity index (χ2v) is 40.2. The zero-order chi connectivity index (χ0) is 104. The van der Waals surface area contributed by atoms with Gasteiger partial charge in [-0.15, -0.1) is 0 Å². The van der Waals surface area contributed by atoms with Crippen molar-refractivity contribution in [2.75, 3.05) is 143 Å². The van der Waals surface area contributed by atoms with Crippen LogP contribution in [0.25, 0.3) is 139 Å². The molecular weight excluding hydrogens is 1890 g/mol. The number of likely N-dealkylation sites (N-methyl/N-ethyl adjacent to an activating group) is 2. The number of hydrogen-bond acceptors (Lipinski definition) is 30. The summed E-state index contributed by atoms with van der Waals surface area (Å²) in [5, 5.41) is 17.5. The summed E-state index contributed by atoms with van der Waals surface area (Å²) in [6.07, 6.45) is 22.3. The quantitative estimate of drug-likeness (QED) is 0.0910. The first kappa shape index (κ1) is 100.0. The Morgan fingerprint density at radius 2 is 0.547 bits per heavy atom. The number of aryl methyl sites for hydroxylation is 10. The van der Waals surface area contributed by atoms with Gasteiger partial charge in [0.25, 0.3) is 0 Å². The molecule has 0 radical (unpaired) electrons. The number of nitrogens with one attached hydrogen (secondary N) is 3. The molecule has 5 saturated heterocycles. The van der Waals surface area contributed by atoms with Crippen LogP contribution in [0.5, 0.6) is 0 Å². The highest BCUT2D eigenvalue weighted by Crippen LogP contribution is 2.36. The normalized spacial score (nSPS) is 16.9. The van der Waals surface area contributed by atoms with E-state index >= 15 is 0 Å². The smallest absolute Gasteiger partial charge is 0.344 e. The SMILES string of the molecule is CCc1nc(C)cn2cc(-c3cc4ccc(N5CCN(C)CC5)cc4c(=O)o3)nc12.CCc1nc(C)cn2cc(-c3cc4ccc(N5CCNCC5)cc4c(=O)o3)nc12.CCc1nc(C)cn2cc(-c3cc4ccc(N5CCN[C@@H](C)C5)cc4c(=O)o3)nc12.CCc1nc(C)cn2cc(-c3cc4ccc(N5CCN[C@H](C)C5)cc4c(=O)o3)nc12.Cc1cn2cc(-c3cc4ccc(N5C[C@@H](C)N(C)[C@@H](C)C5)cc4c(=O)o3)nc2c(C)n1. The molecule has 0 saturated carbocycles. The van der Waals surface area contributed by atoms with E-state index in [1.807, 2.05) is 217 Å². The molecule has 0 bridgehead atoms. The van der Waals surface area contributed by atoms with Crippen molar-refractivity contribution < 1.29 is 22.1 Å². The third-order valence-electron chi connectivity index (χ3n) is 29.1. The standard InChI is InChI=1S/C24H27N5O2.3C23H25N5O2.C22H23N5O2/c1-14-10-29-13-21(26-23(29)17(4)25-14)22-8-18-6-7-19(9-20(18)24(30)31-22)28-11-15(2)27(5)16(3)12-28;1-4-19-22-25-20(14-28(22)13-15(2)24-19)21-11-16-5-6-17(12-18(16)23(29)30-21)27-9-7-26(3)8-10-27;2*1-4-19-22-26-20(13-28(22)12-15(3)25-19)21-9-16-5-6-17(10-18(16)23(29)30-21)27-8-7-24-14(2)11-27;1-3-18-21-25-19(13-27(21)12-14(2)24-18)20-10-15-4-5-16(11-17(15)22(28)29-20)26-8-6-23-7-9-26/h6-10,13,15-16H,11-12H2,1-5H3;5-6,11-14H,4,7-10H2,1-3H3;2*5-6,9-10,12-14,24H,4,7-8,11H2,1-3H3;4-5,10-13,23H,3,6-9H2,1-2H3/t15-,16+;;2*14-;/m..10./s1. The van der Waals surface area contributed by atoms with Crippen LogP contribution in [0.2, 0.25) is 0 Å². The van der Waals surface area contributed by atoms with E-state index in [4.69, 9.17) is 37.0 Å². The van der Waals surface area contributed by atoms with Crippen LogP contribution in [-0.4, -0.2) is 225 Å². The molecule has 20 heterocycles. The average molecular weight is 2020 g/mol. The molecule has 25 rings (SSSR count). The number of benzene rings is 5. The van der Waals surface area contributed by atoms with Crippen LogP contribution >= 0.6 is 0 Å². The number of rotatable bonds is 14. The van der Waals surface area contributed by atoms with Gasteiger partial charge in [0.15, 0.2) is 57.0 Å². The van der Waals surface area contributed by atoms with Crippen molar-refractivity contribution in [3.05, 3.63) is 292 Å². The Balaban J connectivity index is 0.000000109. The van der Waals surface area contributed by atoms with Gasteiger partial charge in [0, 0.05) is 219 Å². The van der Waals surface area contributed by atoms with E-state index in [-0.39, 0.29) is 28.1 Å². The molecule has 0 unspecified atom stereocenters. The van der Waals surface area contributed by atoms with Gasteiger partial charge in [-0.25, -0.2) is 48.9 Å². The molecule has 15 aromatic heterocycles. The summed E-state index contributed by atoms with van der Waals surface area (Å²) >= 11 is 0. The summed E-state index contributed by atoms with van der Waals surface area (Å²) in [5.74, 6) is 2.36. The number of fused-ring (bicyclic) bond motifs is 10. The summed E-state index contributed by atoms with van der Waals surface area (Å²) in [7, 11) is 4.30. The fourth-order valence-electron chi connectivity index (χ4n) is 21.1. The third kappa shape index (κ3) is 20.7. The fraction of sp³-hybridized carbons (Fsp3) is 0.348. The lowest BCUT2D eigenvalue weighted by molar-refractivity contribution is 0.170. The van der Waals surface area contributed by atoms with Gasteiger partial charge in [0.05, 0.1) is 83.9 Å². The molecule has 0 amide bonds. The molecule has 5 aromatic carbocycles. The van der Waals surface area contributed by atoms with Gasteiger partial charge in [-0.3, -0.25) is 29.8 Å². The molecule has 35 nitrogen and oxygen atoms in total. The average Bonchev–Trinajstić information content (AvgIpc) is 1.52. The minimum absolute atomic E-state index is 0.333. The minimum atomic E-state index is -0.340. The number of imidazole rings is 5. The van der Waals surface area contributed by atoms with Crippen molar-refractivity contribution in [3.63, 3.8) is 0 Å². The van der Waals surface area contributed by atoms with Crippen molar-refractivity contribution in [1.29, 1.82) is 0 Å². The van der Waals surface area contributed by atoms with Crippen LogP contribution in [0.15, 0.2) is 229 Å². The van der Waals surface area contributed by atoms with Crippen LogP contribution in [0.1, 0.15) is 112 Å². The van der Waals surface area contributed by atoms with E-state index in [1.54, 1.807) is 0 Å². The molecule has 0 spiro atoms. The third-order valence-corrected chi connectivity index (χ3v) is 29.1. The van der Waals surface area contributed by atoms with Gasteiger partial charge in [0.2, 0.25) is 0 Å². The first-order chi connectivity index (χ1) is 72.5. The molecule has 3 N–H and O–H groups in total. The summed E-state index contributed by atoms with van der Waals surface area (Å²) < 4.78 is 38.2. The molecule has 5 aliphatic rings. The maximum Gasteiger partial charge on any atom is 0.344 e. The fourth-order valence-corrected chi connectivity index (χ4v) is 21.1. The Morgan fingerprint density at radius 3 is 0.840 bits per heavy atom. The van der Waals surface area contributed by atoms with E-state index in [1.165, 1.54) is 0 Å². The highest BCUT2D eigenvalue weighted by Gasteiger charge is 2.30. The molecular formula is C115H125N25O10. The van der Waals surface area contributed by atoms with Gasteiger partial charge in [-0.1, -0.05) is 58.0 Å². The Labute approximate surface area is 865 Å². The number of anilines is 5. The molecule has 5 fully saturated rings. The summed E-state index contributed by atoms with van der Waals surface area (Å²) in [6.45, 7) is 43.9. The summed E-state index contributed by atoms with van der Waals surface area (Å²) in [6, 6.07) is 41.4. The summed E-state index contributed by atoms with van der Waals surface area (Å²) in [4.78, 5) is 127. The van der Waals surface area contributed by atoms with Gasteiger partial charge in [0.1, 0.15) is 28.5 Å². The Kier molecular flexibility index (Phi) is 28.0. The highest BCUT2D eigenvalue weighted by atomic mass is 16.4. The molecule has 4 atom stereocenters. The van der Waals surface area contributed by atoms with E-state index in [0.717, 1.165) is 271 Å². The van der Waals surface area contributed by atoms with Crippen LogP contribution in [0.3, 0.4) is 0 Å². The molecule has 770 valence electrons. The maximum absolute atomic E-state index is 12.9. The van der Waals surface area contributed by atoms with Crippen molar-refractivity contribution in [2.24, 2.45) is 0 Å². The predicted octanol–water partition coefficient (Wildman–Crippen LogP) is 15.9. The second-order valence-electron chi connectivity index (χ2n) is 40.2. The number of aromatic nitrogens is 15. The largest absolute Gasteiger partial charge is 0.421 e. The Bertz CT molecular complexity index is 8680. The Hall–Kier alpha value is -16.0. The van der Waals surface area contributed by atoms with Crippen LogP contribution in [0, 0.1) is 41.5 Å². The number of nitrogens with zero attached hydrogens (tertiary/aromatic N) is 22. The van der Waals surface area contributed by atoms with Crippen molar-refractivity contribution in [1.82, 2.24) is 97.6 Å². The van der Waals surface area contributed by atoms with E-state index in [0.29, 0.717) is 108 Å². The van der Waals surface area contributed by atoms with Crippen molar-refractivity contribution >= 4 is 111 Å². The first-order valence-electron chi connectivity index (χ1n) is 51.9. The monoisotopic (exact) mass is 2020 g/mol.